The Hall–Kier alpha value is -3.12. The quantitative estimate of drug-likeness (QED) is 0.740. The first-order valence-electron chi connectivity index (χ1n) is 9.46. The summed E-state index contributed by atoms with van der Waals surface area (Å²) in [5.74, 6) is 0.317. The highest BCUT2D eigenvalue weighted by Crippen LogP contribution is 2.30. The molecule has 0 spiro atoms. The van der Waals surface area contributed by atoms with Crippen molar-refractivity contribution in [3.8, 4) is 17.1 Å². The van der Waals surface area contributed by atoms with Gasteiger partial charge < -0.3 is 19.0 Å². The van der Waals surface area contributed by atoms with E-state index in [0.29, 0.717) is 29.8 Å². The molecule has 1 N–H and O–H groups in total. The van der Waals surface area contributed by atoms with Crippen molar-refractivity contribution >= 4 is 16.9 Å². The SMILES string of the molecule is C[NH+]1CCN(C(=O)COc2c(-c3ccccc3)oc3ccccc3c2=O)CC1. The highest BCUT2D eigenvalue weighted by molar-refractivity contribution is 5.82. The topological polar surface area (TPSA) is 64.2 Å². The van der Waals surface area contributed by atoms with E-state index in [2.05, 4.69) is 7.05 Å². The molecule has 2 heterocycles. The highest BCUT2D eigenvalue weighted by atomic mass is 16.5. The number of benzene rings is 2. The second-order valence-corrected chi connectivity index (χ2v) is 7.08. The van der Waals surface area contributed by atoms with Crippen molar-refractivity contribution in [3.63, 3.8) is 0 Å². The Balaban J connectivity index is 1.66. The molecule has 6 nitrogen and oxygen atoms in total. The van der Waals surface area contributed by atoms with Crippen LogP contribution >= 0.6 is 0 Å². The molecule has 28 heavy (non-hydrogen) atoms. The lowest BCUT2D eigenvalue weighted by Gasteiger charge is -2.30. The smallest absolute Gasteiger partial charge is 0.260 e. The number of amides is 1. The molecule has 1 aliphatic heterocycles. The zero-order valence-electron chi connectivity index (χ0n) is 15.8. The van der Waals surface area contributed by atoms with E-state index in [0.717, 1.165) is 18.7 Å². The summed E-state index contributed by atoms with van der Waals surface area (Å²) in [6.45, 7) is 3.05. The van der Waals surface area contributed by atoms with E-state index in [-0.39, 0.29) is 23.7 Å². The van der Waals surface area contributed by atoms with Crippen molar-refractivity contribution in [1.82, 2.24) is 4.90 Å². The minimum absolute atomic E-state index is 0.0815. The van der Waals surface area contributed by atoms with Gasteiger partial charge in [0.1, 0.15) is 5.58 Å². The molecule has 0 saturated carbocycles. The average molecular weight is 379 g/mol. The normalized spacial score (nSPS) is 15.0. The Bertz CT molecular complexity index is 1040. The van der Waals surface area contributed by atoms with E-state index >= 15 is 0 Å². The minimum Gasteiger partial charge on any atom is -0.476 e. The van der Waals surface area contributed by atoms with E-state index < -0.39 is 0 Å². The number of nitrogens with zero attached hydrogens (tertiary/aromatic N) is 1. The minimum atomic E-state index is -0.267. The molecule has 0 unspecified atom stereocenters. The van der Waals surface area contributed by atoms with Crippen LogP contribution in [0.3, 0.4) is 0 Å². The van der Waals surface area contributed by atoms with E-state index in [1.165, 1.54) is 4.90 Å². The van der Waals surface area contributed by atoms with Crippen LogP contribution in [0.25, 0.3) is 22.3 Å². The number of hydrogen-bond acceptors (Lipinski definition) is 4. The van der Waals surface area contributed by atoms with Gasteiger partial charge in [-0.2, -0.15) is 0 Å². The van der Waals surface area contributed by atoms with Gasteiger partial charge in [0.05, 0.1) is 38.6 Å². The number of carbonyl (C=O) groups is 1. The molecule has 1 aliphatic rings. The van der Waals surface area contributed by atoms with Crippen LogP contribution < -0.4 is 15.1 Å². The first-order valence-corrected chi connectivity index (χ1v) is 9.46. The maximum Gasteiger partial charge on any atom is 0.260 e. The number of rotatable bonds is 4. The van der Waals surface area contributed by atoms with Gasteiger partial charge in [-0.1, -0.05) is 42.5 Å². The summed E-state index contributed by atoms with van der Waals surface area (Å²) in [6.07, 6.45) is 0. The second kappa shape index (κ2) is 7.86. The highest BCUT2D eigenvalue weighted by Gasteiger charge is 2.23. The van der Waals surface area contributed by atoms with E-state index in [1.54, 1.807) is 23.1 Å². The maximum atomic E-state index is 13.0. The molecule has 6 heteroatoms. The van der Waals surface area contributed by atoms with E-state index in [9.17, 15) is 9.59 Å². The van der Waals surface area contributed by atoms with Gasteiger partial charge in [-0.25, -0.2) is 0 Å². The third-order valence-electron chi connectivity index (χ3n) is 5.10. The molecule has 1 amide bonds. The number of para-hydroxylation sites is 1. The van der Waals surface area contributed by atoms with Gasteiger partial charge in [0.15, 0.2) is 12.4 Å². The van der Waals surface area contributed by atoms with Gasteiger partial charge >= 0.3 is 0 Å². The lowest BCUT2D eigenvalue weighted by atomic mass is 10.1. The van der Waals surface area contributed by atoms with Crippen LogP contribution in [-0.2, 0) is 4.79 Å². The first kappa shape index (κ1) is 18.3. The predicted molar refractivity (Wildman–Crippen MR) is 107 cm³/mol. The third-order valence-corrected chi connectivity index (χ3v) is 5.10. The Kier molecular flexibility index (Phi) is 5.12. The zero-order valence-corrected chi connectivity index (χ0v) is 15.8. The van der Waals surface area contributed by atoms with Crippen LogP contribution in [0.1, 0.15) is 0 Å². The van der Waals surface area contributed by atoms with Crippen molar-refractivity contribution in [2.45, 2.75) is 0 Å². The van der Waals surface area contributed by atoms with Crippen molar-refractivity contribution in [3.05, 3.63) is 64.8 Å². The molecule has 0 bridgehead atoms. The number of piperazine rings is 1. The monoisotopic (exact) mass is 379 g/mol. The summed E-state index contributed by atoms with van der Waals surface area (Å²) in [5, 5.41) is 0.438. The maximum absolute atomic E-state index is 13.0. The lowest BCUT2D eigenvalue weighted by molar-refractivity contribution is -0.883. The van der Waals surface area contributed by atoms with Gasteiger partial charge in [-0.3, -0.25) is 9.59 Å². The van der Waals surface area contributed by atoms with E-state index in [4.69, 9.17) is 9.15 Å². The van der Waals surface area contributed by atoms with Crippen molar-refractivity contribution in [2.24, 2.45) is 0 Å². The van der Waals surface area contributed by atoms with Crippen molar-refractivity contribution in [1.29, 1.82) is 0 Å². The largest absolute Gasteiger partial charge is 0.476 e. The van der Waals surface area contributed by atoms with E-state index in [1.807, 2.05) is 36.4 Å². The molecule has 1 saturated heterocycles. The number of nitrogens with one attached hydrogen (secondary N) is 1. The third kappa shape index (κ3) is 3.64. The fourth-order valence-electron chi connectivity index (χ4n) is 3.40. The van der Waals surface area contributed by atoms with Crippen LogP contribution in [0.4, 0.5) is 0 Å². The summed E-state index contributed by atoms with van der Waals surface area (Å²) < 4.78 is 11.8. The number of quaternary nitrogens is 1. The number of fused-ring (bicyclic) bond motifs is 1. The molecule has 4 rings (SSSR count). The predicted octanol–water partition coefficient (Wildman–Crippen LogP) is 1.20. The van der Waals surface area contributed by atoms with Gasteiger partial charge in [-0.15, -0.1) is 0 Å². The summed E-state index contributed by atoms with van der Waals surface area (Å²) in [6, 6.07) is 16.4. The number of carbonyl (C=O) groups excluding carboxylic acids is 1. The molecule has 0 aliphatic carbocycles. The van der Waals surface area contributed by atoms with Crippen LogP contribution in [0.5, 0.6) is 5.75 Å². The zero-order chi connectivity index (χ0) is 19.5. The average Bonchev–Trinajstić information content (AvgIpc) is 2.74. The molecular weight excluding hydrogens is 356 g/mol. The lowest BCUT2D eigenvalue weighted by Crippen LogP contribution is -3.12. The Morgan fingerprint density at radius 1 is 1.07 bits per heavy atom. The molecule has 2 aromatic carbocycles. The molecule has 1 aromatic heterocycles. The molecular formula is C22H23N2O4+. The van der Waals surface area contributed by atoms with Gasteiger partial charge in [-0.05, 0) is 12.1 Å². The molecule has 0 atom stereocenters. The number of ether oxygens (including phenoxy) is 1. The molecule has 0 radical (unpaired) electrons. The Morgan fingerprint density at radius 3 is 2.50 bits per heavy atom. The Labute approximate surface area is 162 Å². The molecule has 3 aromatic rings. The fourth-order valence-corrected chi connectivity index (χ4v) is 3.40. The summed E-state index contributed by atoms with van der Waals surface area (Å²) in [7, 11) is 2.12. The van der Waals surface area contributed by atoms with Crippen LogP contribution in [0.2, 0.25) is 0 Å². The van der Waals surface area contributed by atoms with Gasteiger partial charge in [0, 0.05) is 5.56 Å². The molecule has 144 valence electrons. The summed E-state index contributed by atoms with van der Waals surface area (Å²) >= 11 is 0. The van der Waals surface area contributed by atoms with Gasteiger partial charge in [0.2, 0.25) is 11.2 Å². The number of likely N-dealkylation sites (N-methyl/N-ethyl adjacent to an activating group) is 1. The first-order chi connectivity index (χ1) is 13.6. The number of hydrogen-bond donors (Lipinski definition) is 1. The standard InChI is InChI=1S/C22H22N2O4/c1-23-11-13-24(14-12-23)19(25)15-27-22-20(26)17-9-5-6-10-18(17)28-21(22)16-7-3-2-4-8-16/h2-10H,11-15H2,1H3/p+1. The van der Waals surface area contributed by atoms with Crippen molar-refractivity contribution in [2.75, 3.05) is 39.8 Å². The summed E-state index contributed by atoms with van der Waals surface area (Å²) in [5.41, 5.74) is 0.958. The van der Waals surface area contributed by atoms with Crippen molar-refractivity contribution < 1.29 is 18.8 Å². The van der Waals surface area contributed by atoms with Crippen LogP contribution in [-0.4, -0.2) is 50.6 Å². The Morgan fingerprint density at radius 2 is 1.75 bits per heavy atom. The van der Waals surface area contributed by atoms with Gasteiger partial charge in [0.25, 0.3) is 5.91 Å². The fraction of sp³-hybridized carbons (Fsp3) is 0.273. The second-order valence-electron chi connectivity index (χ2n) is 7.08. The molecule has 1 fully saturated rings. The summed E-state index contributed by atoms with van der Waals surface area (Å²) in [4.78, 5) is 28.8. The van der Waals surface area contributed by atoms with Crippen LogP contribution in [0.15, 0.2) is 63.8 Å². The van der Waals surface area contributed by atoms with Crippen LogP contribution in [0, 0.1) is 0 Å².